The van der Waals surface area contributed by atoms with Crippen LogP contribution in [0.3, 0.4) is 0 Å². The molecule has 6 aromatic rings. The highest BCUT2D eigenvalue weighted by Crippen LogP contribution is 2.60. The van der Waals surface area contributed by atoms with Crippen LogP contribution >= 0.6 is 31.8 Å². The van der Waals surface area contributed by atoms with Gasteiger partial charge in [0.15, 0.2) is 0 Å². The minimum absolute atomic E-state index is 0.549. The Kier molecular flexibility index (Phi) is 12.7. The van der Waals surface area contributed by atoms with Crippen LogP contribution in [0.4, 0.5) is 0 Å². The van der Waals surface area contributed by atoms with Gasteiger partial charge in [-0.3, -0.25) is 0 Å². The van der Waals surface area contributed by atoms with E-state index in [0.717, 1.165) is 11.4 Å². The highest BCUT2D eigenvalue weighted by Gasteiger charge is 2.32. The van der Waals surface area contributed by atoms with Crippen molar-refractivity contribution in [1.82, 2.24) is 9.97 Å². The first-order valence-corrected chi connectivity index (χ1v) is 24.7. The molecule has 0 saturated carbocycles. The Bertz CT molecular complexity index is 2110. The maximum Gasteiger partial charge on any atom is 0.213 e. The molecule has 0 N–H and O–H groups in total. The maximum atomic E-state index is 5.99. The molecule has 0 fully saturated rings. The van der Waals surface area contributed by atoms with Gasteiger partial charge in [-0.05, 0) is 161 Å². The third kappa shape index (κ3) is 8.06. The van der Waals surface area contributed by atoms with Crippen molar-refractivity contribution >= 4 is 63.6 Å². The van der Waals surface area contributed by atoms with E-state index in [4.69, 9.17) is 19.4 Å². The lowest BCUT2D eigenvalue weighted by atomic mass is 10.0. The van der Waals surface area contributed by atoms with Crippen molar-refractivity contribution in [3.8, 4) is 22.9 Å². The highest BCUT2D eigenvalue weighted by molar-refractivity contribution is 8.31. The van der Waals surface area contributed by atoms with Crippen LogP contribution in [-0.2, 0) is 0 Å². The molecule has 4 nitrogen and oxygen atoms in total. The lowest BCUT2D eigenvalue weighted by Crippen LogP contribution is -2.25. The Labute approximate surface area is 328 Å². The van der Waals surface area contributed by atoms with Crippen molar-refractivity contribution < 1.29 is 9.47 Å². The smallest absolute Gasteiger partial charge is 0.213 e. The molecule has 54 heavy (non-hydrogen) atoms. The summed E-state index contributed by atoms with van der Waals surface area (Å²) in [4.78, 5) is 10.3. The summed E-state index contributed by atoms with van der Waals surface area (Å²) in [7, 11) is 2.75. The van der Waals surface area contributed by atoms with Gasteiger partial charge in [0.1, 0.15) is 0 Å². The molecule has 2 heterocycles. The lowest BCUT2D eigenvalue weighted by Gasteiger charge is -2.31. The average molecular weight is 789 g/mol. The van der Waals surface area contributed by atoms with Gasteiger partial charge in [-0.2, -0.15) is 0 Å². The summed E-state index contributed by atoms with van der Waals surface area (Å²) in [5.41, 5.74) is 14.9. The fourth-order valence-electron chi connectivity index (χ4n) is 7.43. The topological polar surface area (TPSA) is 44.2 Å². The van der Waals surface area contributed by atoms with Crippen LogP contribution in [0.2, 0.25) is 0 Å². The molecule has 0 radical (unpaired) electrons. The molecule has 0 saturated heterocycles. The maximum absolute atomic E-state index is 5.99. The second kappa shape index (κ2) is 17.1. The monoisotopic (exact) mass is 788 g/mol. The van der Waals surface area contributed by atoms with Gasteiger partial charge in [-0.1, -0.05) is 89.3 Å². The van der Waals surface area contributed by atoms with E-state index in [9.17, 15) is 0 Å². The second-order valence-electron chi connectivity index (χ2n) is 14.2. The molecule has 6 rings (SSSR count). The van der Waals surface area contributed by atoms with E-state index < -0.39 is 15.2 Å². The molecule has 8 heteroatoms. The molecule has 2 aromatic heterocycles. The van der Waals surface area contributed by atoms with E-state index in [1.165, 1.54) is 87.5 Å². The van der Waals surface area contributed by atoms with Crippen LogP contribution in [0, 0.1) is 69.2 Å². The number of rotatable bonds is 11. The second-order valence-corrected chi connectivity index (χ2v) is 22.9. The molecule has 0 aliphatic heterocycles. The third-order valence-electron chi connectivity index (χ3n) is 10.2. The van der Waals surface area contributed by atoms with E-state index in [1.807, 2.05) is 0 Å². The number of pyridine rings is 2. The fourth-order valence-corrected chi connectivity index (χ4v) is 21.1. The van der Waals surface area contributed by atoms with Crippen molar-refractivity contribution in [2.45, 2.75) is 69.2 Å². The first-order chi connectivity index (χ1) is 25.8. The Morgan fingerprint density at radius 1 is 0.426 bits per heavy atom. The minimum atomic E-state index is -0.906. The van der Waals surface area contributed by atoms with Gasteiger partial charge in [-0.15, -0.1) is 0 Å². The fraction of sp³-hybridized carbons (Fsp3) is 0.261. The van der Waals surface area contributed by atoms with Crippen molar-refractivity contribution in [3.05, 3.63) is 141 Å². The first kappa shape index (κ1) is 40.2. The average Bonchev–Trinajstić information content (AvgIpc) is 3.12. The minimum Gasteiger partial charge on any atom is -0.481 e. The van der Waals surface area contributed by atoms with Crippen LogP contribution in [0.5, 0.6) is 11.8 Å². The molecule has 0 aliphatic rings. The van der Waals surface area contributed by atoms with Crippen molar-refractivity contribution in [1.29, 1.82) is 0 Å². The van der Waals surface area contributed by atoms with E-state index in [0.29, 0.717) is 28.3 Å². The lowest BCUT2D eigenvalue weighted by molar-refractivity contribution is 0.397. The van der Waals surface area contributed by atoms with Gasteiger partial charge in [-0.25, -0.2) is 9.97 Å². The van der Waals surface area contributed by atoms with E-state index >= 15 is 0 Å². The van der Waals surface area contributed by atoms with Crippen molar-refractivity contribution in [3.63, 3.8) is 0 Å². The zero-order valence-corrected chi connectivity index (χ0v) is 37.5. The summed E-state index contributed by atoms with van der Waals surface area (Å²) in [6.45, 7) is 22.4. The van der Waals surface area contributed by atoms with Crippen LogP contribution < -0.4 is 41.3 Å². The largest absolute Gasteiger partial charge is 0.481 e. The molecule has 278 valence electrons. The zero-order chi connectivity index (χ0) is 38.8. The summed E-state index contributed by atoms with van der Waals surface area (Å²) >= 11 is 0. The number of hydrogen-bond acceptors (Lipinski definition) is 4. The number of ether oxygens (including phenoxy) is 2. The Morgan fingerprint density at radius 2 is 0.704 bits per heavy atom. The number of aryl methyl sites for hydroxylation is 10. The highest BCUT2D eigenvalue weighted by atomic mass is 32.1. The first-order valence-electron chi connectivity index (χ1n) is 18.3. The predicted molar refractivity (Wildman–Crippen MR) is 242 cm³/mol. The number of methoxy groups -OCH3 is 2. The molecular weight excluding hydrogens is 736 g/mol. The van der Waals surface area contributed by atoms with Gasteiger partial charge >= 0.3 is 0 Å². The van der Waals surface area contributed by atoms with Crippen LogP contribution in [-0.4, -0.2) is 24.2 Å². The van der Waals surface area contributed by atoms with Gasteiger partial charge in [0, 0.05) is 34.6 Å². The van der Waals surface area contributed by atoms with Crippen molar-refractivity contribution in [2.24, 2.45) is 0 Å². The molecule has 0 bridgehead atoms. The summed E-state index contributed by atoms with van der Waals surface area (Å²) in [6, 6.07) is 31.3. The molecular formula is C46H52N2O2P4. The Morgan fingerprint density at radius 3 is 0.981 bits per heavy atom. The van der Waals surface area contributed by atoms with Gasteiger partial charge < -0.3 is 9.47 Å². The summed E-state index contributed by atoms with van der Waals surface area (Å²) in [5, 5.41) is 8.30. The van der Waals surface area contributed by atoms with Gasteiger partial charge in [0.25, 0.3) is 0 Å². The quantitative estimate of drug-likeness (QED) is 0.123. The van der Waals surface area contributed by atoms with E-state index in [-0.39, 0.29) is 0 Å². The summed E-state index contributed by atoms with van der Waals surface area (Å²) < 4.78 is 12.0. The van der Waals surface area contributed by atoms with Crippen LogP contribution in [0.25, 0.3) is 11.1 Å². The standard InChI is InChI=1S/C46H52N2O2P4/c1-27-17-13-18-28(2)43(27)51-53(45-31(5)21-15-22-32(45)6)37-25-39(49-11)47-35(9)41(37)42-36(10)48-40(50-12)26-38(42)54(46-33(7)23-16-24-34(46)8)52-44-29(3)19-14-20-30(44)4/h13-26,51-52H,1-12H3. The molecule has 0 spiro atoms. The predicted octanol–water partition coefficient (Wildman–Crippen LogP) is 9.95. The number of aromatic nitrogens is 2. The SMILES string of the molecule is COc1cc(P(Pc2c(C)cccc2C)c2c(C)cccc2C)c(-c2c(P(Pc3c(C)cccc3C)c3c(C)cccc3C)cc(OC)nc2C)c(C)n1. The summed E-state index contributed by atoms with van der Waals surface area (Å²) in [6.07, 6.45) is 0. The Balaban J connectivity index is 1.74. The molecule has 4 atom stereocenters. The van der Waals surface area contributed by atoms with Crippen LogP contribution in [0.1, 0.15) is 55.9 Å². The number of hydrogen-bond donors (Lipinski definition) is 0. The van der Waals surface area contributed by atoms with E-state index in [2.05, 4.69) is 154 Å². The van der Waals surface area contributed by atoms with E-state index in [1.54, 1.807) is 14.2 Å². The molecule has 0 amide bonds. The number of benzene rings is 4. The molecule has 0 aliphatic carbocycles. The third-order valence-corrected chi connectivity index (χ3v) is 22.1. The molecule has 4 aromatic carbocycles. The zero-order valence-electron chi connectivity index (χ0n) is 33.7. The number of nitrogens with zero attached hydrogens (tertiary/aromatic N) is 2. The van der Waals surface area contributed by atoms with Gasteiger partial charge in [0.2, 0.25) is 11.8 Å². The Hall–Kier alpha value is -3.50. The summed E-state index contributed by atoms with van der Waals surface area (Å²) in [5.74, 6) is 1.29. The van der Waals surface area contributed by atoms with Gasteiger partial charge in [0.05, 0.1) is 14.2 Å². The normalized spacial score (nSPS) is 12.9. The van der Waals surface area contributed by atoms with Crippen LogP contribution in [0.15, 0.2) is 84.9 Å². The van der Waals surface area contributed by atoms with Crippen molar-refractivity contribution in [2.75, 3.05) is 14.2 Å². The molecule has 4 unspecified atom stereocenters.